The van der Waals surface area contributed by atoms with Crippen molar-refractivity contribution < 1.29 is 18.7 Å². The lowest BCUT2D eigenvalue weighted by Crippen LogP contribution is -2.49. The zero-order valence-corrected chi connectivity index (χ0v) is 18.2. The molecule has 1 aromatic carbocycles. The predicted octanol–water partition coefficient (Wildman–Crippen LogP) is 2.44. The Hall–Kier alpha value is -3.33. The van der Waals surface area contributed by atoms with Crippen LogP contribution in [-0.4, -0.2) is 75.3 Å². The van der Waals surface area contributed by atoms with Crippen LogP contribution in [0.4, 0.5) is 11.8 Å². The molecule has 3 aromatic rings. The number of hydrogen-bond donors (Lipinski definition) is 0. The summed E-state index contributed by atoms with van der Waals surface area (Å²) in [5.41, 5.74) is 0.711. The second-order valence-corrected chi connectivity index (χ2v) is 7.87. The highest BCUT2D eigenvalue weighted by atomic mass is 16.5. The van der Waals surface area contributed by atoms with Crippen LogP contribution in [0.5, 0.6) is 11.5 Å². The lowest BCUT2D eigenvalue weighted by molar-refractivity contribution is 0.0714. The summed E-state index contributed by atoms with van der Waals surface area (Å²) < 4.78 is 16.1. The number of aromatic nitrogens is 2. The lowest BCUT2D eigenvalue weighted by atomic mass is 10.2. The van der Waals surface area contributed by atoms with Gasteiger partial charge in [0.15, 0.2) is 17.3 Å². The van der Waals surface area contributed by atoms with E-state index >= 15 is 0 Å². The van der Waals surface area contributed by atoms with Crippen molar-refractivity contribution in [2.45, 2.75) is 0 Å². The Morgan fingerprint density at radius 3 is 2.35 bits per heavy atom. The first-order valence-corrected chi connectivity index (χ1v) is 9.96. The fraction of sp³-hybridized carbons (Fsp3) is 0.364. The van der Waals surface area contributed by atoms with E-state index in [1.165, 1.54) is 6.26 Å². The second-order valence-electron chi connectivity index (χ2n) is 7.87. The minimum absolute atomic E-state index is 0.0262. The van der Waals surface area contributed by atoms with Crippen molar-refractivity contribution in [3.05, 3.63) is 43.3 Å². The molecule has 31 heavy (non-hydrogen) atoms. The number of quaternary nitrogens is 1. The van der Waals surface area contributed by atoms with Crippen LogP contribution >= 0.6 is 0 Å². The lowest BCUT2D eigenvalue weighted by Gasteiger charge is -2.34. The van der Waals surface area contributed by atoms with E-state index in [1.807, 2.05) is 26.2 Å². The molecule has 9 heteroatoms. The minimum Gasteiger partial charge on any atom is -0.493 e. The highest BCUT2D eigenvalue weighted by molar-refractivity contribution is 5.93. The number of ether oxygens (including phenoxy) is 2. The number of nitrogens with zero attached hydrogens (tertiary/aromatic N) is 5. The number of fused-ring (bicyclic) bond motifs is 1. The number of benzene rings is 1. The molecular formula is C22H26N5O4+. The summed E-state index contributed by atoms with van der Waals surface area (Å²) in [5.74, 6) is 2.64. The molecule has 0 aliphatic carbocycles. The van der Waals surface area contributed by atoms with E-state index in [2.05, 4.69) is 4.90 Å². The van der Waals surface area contributed by atoms with Gasteiger partial charge in [0.1, 0.15) is 0 Å². The van der Waals surface area contributed by atoms with Gasteiger partial charge >= 0.3 is 0 Å². The van der Waals surface area contributed by atoms with Crippen LogP contribution < -0.4 is 18.9 Å². The molecule has 0 atom stereocenters. The maximum Gasteiger partial charge on any atom is 0.289 e. The second kappa shape index (κ2) is 8.07. The molecule has 2 aromatic heterocycles. The summed E-state index contributed by atoms with van der Waals surface area (Å²) in [7, 11) is 13.3. The third-order valence-electron chi connectivity index (χ3n) is 5.30. The molecule has 0 spiro atoms. The Morgan fingerprint density at radius 1 is 1.10 bits per heavy atom. The van der Waals surface area contributed by atoms with Crippen LogP contribution in [-0.2, 0) is 0 Å². The van der Waals surface area contributed by atoms with Crippen molar-refractivity contribution in [3.63, 3.8) is 0 Å². The van der Waals surface area contributed by atoms with Gasteiger partial charge in [0.05, 0.1) is 45.5 Å². The van der Waals surface area contributed by atoms with Crippen molar-refractivity contribution in [2.75, 3.05) is 59.4 Å². The van der Waals surface area contributed by atoms with Crippen LogP contribution in [0.3, 0.4) is 0 Å². The fourth-order valence-corrected chi connectivity index (χ4v) is 3.67. The van der Waals surface area contributed by atoms with Crippen LogP contribution in [0.2, 0.25) is 0 Å². The van der Waals surface area contributed by atoms with E-state index in [1.54, 1.807) is 31.3 Å². The molecule has 1 aliphatic heterocycles. The number of anilines is 1. The van der Waals surface area contributed by atoms with Gasteiger partial charge in [-0.05, 0) is 12.1 Å². The molecule has 162 valence electrons. The van der Waals surface area contributed by atoms with E-state index in [9.17, 15) is 4.79 Å². The zero-order chi connectivity index (χ0) is 22.2. The maximum atomic E-state index is 12.5. The summed E-state index contributed by atoms with van der Waals surface area (Å²) in [6.45, 7) is 2.29. The van der Waals surface area contributed by atoms with Gasteiger partial charge in [0.25, 0.3) is 5.91 Å². The first-order chi connectivity index (χ1) is 14.8. The SMILES string of the molecule is [CH][N+](C)(C)c1nc(N2CCN(C(=O)c3ccco3)CC2)nc2cc(OC)c(OC)cc12. The van der Waals surface area contributed by atoms with Crippen molar-refractivity contribution in [1.29, 1.82) is 0 Å². The number of amides is 1. The highest BCUT2D eigenvalue weighted by Crippen LogP contribution is 2.37. The summed E-state index contributed by atoms with van der Waals surface area (Å²) >= 11 is 0. The number of furan rings is 1. The predicted molar refractivity (Wildman–Crippen MR) is 117 cm³/mol. The number of rotatable bonds is 5. The van der Waals surface area contributed by atoms with Gasteiger partial charge in [-0.3, -0.25) is 9.28 Å². The Balaban J connectivity index is 1.66. The first-order valence-electron chi connectivity index (χ1n) is 9.96. The Morgan fingerprint density at radius 2 is 1.77 bits per heavy atom. The van der Waals surface area contributed by atoms with Gasteiger partial charge < -0.3 is 23.7 Å². The van der Waals surface area contributed by atoms with Gasteiger partial charge in [-0.15, -0.1) is 0 Å². The molecule has 0 bridgehead atoms. The van der Waals surface area contributed by atoms with Gasteiger partial charge in [0, 0.05) is 38.3 Å². The van der Waals surface area contributed by atoms with E-state index in [0.29, 0.717) is 60.7 Å². The third kappa shape index (κ3) is 4.00. The molecule has 0 unspecified atom stereocenters. The molecule has 9 nitrogen and oxygen atoms in total. The number of carbonyl (C=O) groups excluding carboxylic acids is 1. The van der Waals surface area contributed by atoms with E-state index < -0.39 is 0 Å². The molecule has 1 fully saturated rings. The van der Waals surface area contributed by atoms with Crippen molar-refractivity contribution in [3.8, 4) is 11.5 Å². The Labute approximate surface area is 181 Å². The molecular weight excluding hydrogens is 398 g/mol. The van der Waals surface area contributed by atoms with Crippen LogP contribution in [0.1, 0.15) is 10.6 Å². The monoisotopic (exact) mass is 424 g/mol. The Bertz CT molecular complexity index is 1080. The normalized spacial score (nSPS) is 14.7. The van der Waals surface area contributed by atoms with Gasteiger partial charge in [-0.25, -0.2) is 4.98 Å². The van der Waals surface area contributed by atoms with Crippen molar-refractivity contribution in [1.82, 2.24) is 19.4 Å². The van der Waals surface area contributed by atoms with E-state index in [-0.39, 0.29) is 10.4 Å². The quantitative estimate of drug-likeness (QED) is 0.582. The average Bonchev–Trinajstić information content (AvgIpc) is 3.31. The summed E-state index contributed by atoms with van der Waals surface area (Å²) in [4.78, 5) is 25.9. The molecule has 1 saturated heterocycles. The minimum atomic E-state index is -0.110. The van der Waals surface area contributed by atoms with E-state index in [4.69, 9.17) is 30.9 Å². The molecule has 0 N–H and O–H groups in total. The Kier molecular flexibility index (Phi) is 5.45. The first kappa shape index (κ1) is 20.9. The summed E-state index contributed by atoms with van der Waals surface area (Å²) in [6.07, 6.45) is 1.50. The van der Waals surface area contributed by atoms with Crippen molar-refractivity contribution >= 4 is 28.6 Å². The fourth-order valence-electron chi connectivity index (χ4n) is 3.67. The largest absolute Gasteiger partial charge is 0.493 e. The van der Waals surface area contributed by atoms with Crippen LogP contribution in [0, 0.1) is 7.05 Å². The van der Waals surface area contributed by atoms with Crippen LogP contribution in [0.25, 0.3) is 10.9 Å². The van der Waals surface area contributed by atoms with Gasteiger partial charge in [-0.1, -0.05) is 0 Å². The molecule has 1 aliphatic rings. The smallest absolute Gasteiger partial charge is 0.289 e. The van der Waals surface area contributed by atoms with E-state index in [0.717, 1.165) is 5.39 Å². The third-order valence-corrected chi connectivity index (χ3v) is 5.30. The molecule has 1 amide bonds. The number of piperazine rings is 1. The molecule has 0 saturated carbocycles. The summed E-state index contributed by atoms with van der Waals surface area (Å²) in [5, 5.41) is 0.792. The number of hydrogen-bond acceptors (Lipinski definition) is 7. The maximum absolute atomic E-state index is 12.5. The molecule has 3 heterocycles. The van der Waals surface area contributed by atoms with Crippen LogP contribution in [0.15, 0.2) is 34.9 Å². The average molecular weight is 424 g/mol. The summed E-state index contributed by atoms with van der Waals surface area (Å²) in [6, 6.07) is 7.07. The van der Waals surface area contributed by atoms with Gasteiger partial charge in [0.2, 0.25) is 18.8 Å². The zero-order valence-electron chi connectivity index (χ0n) is 18.2. The molecule has 2 radical (unpaired) electrons. The topological polar surface area (TPSA) is 80.9 Å². The number of carbonyl (C=O) groups is 1. The van der Waals surface area contributed by atoms with Crippen molar-refractivity contribution in [2.24, 2.45) is 0 Å². The highest BCUT2D eigenvalue weighted by Gasteiger charge is 2.28. The number of methoxy groups -OCH3 is 2. The standard InChI is InChI=1S/C22H26N5O4/c1-27(2,3)20-15-13-18(29-4)19(30-5)14-16(15)23-22(24-20)26-10-8-25(9-11-26)21(28)17-7-6-12-31-17/h1,6-7,12-14H,8-11H2,2-5H3/q+1. The molecule has 4 rings (SSSR count). The van der Waals surface area contributed by atoms with Gasteiger partial charge in [-0.2, -0.15) is 4.98 Å².